The number of rotatable bonds is 7. The van der Waals surface area contributed by atoms with Crippen LogP contribution in [0.15, 0.2) is 36.4 Å². The summed E-state index contributed by atoms with van der Waals surface area (Å²) < 4.78 is 9.89. The van der Waals surface area contributed by atoms with Gasteiger partial charge in [-0.25, -0.2) is 4.79 Å². The molecule has 2 N–H and O–H groups in total. The fourth-order valence-electron chi connectivity index (χ4n) is 2.21. The fourth-order valence-corrected chi connectivity index (χ4v) is 2.54. The first-order chi connectivity index (χ1) is 12.4. The van der Waals surface area contributed by atoms with E-state index in [9.17, 15) is 9.59 Å². The molecule has 0 saturated heterocycles. The zero-order chi connectivity index (χ0) is 19.1. The molecule has 2 aromatic rings. The lowest BCUT2D eigenvalue weighted by Gasteiger charge is -2.12. The number of carbonyl (C=O) groups excluding carboxylic acids is 2. The molecular weight excluding hydrogens is 379 g/mol. The fraction of sp³-hybridized carbons (Fsp3) is 0.222. The Morgan fingerprint density at radius 2 is 1.81 bits per heavy atom. The number of benzene rings is 2. The van der Waals surface area contributed by atoms with Gasteiger partial charge in [-0.1, -0.05) is 23.2 Å². The smallest absolute Gasteiger partial charge is 0.337 e. The number of hydrogen-bond donors (Lipinski definition) is 2. The summed E-state index contributed by atoms with van der Waals surface area (Å²) in [6.45, 7) is 0.358. The maximum absolute atomic E-state index is 12.1. The monoisotopic (exact) mass is 396 g/mol. The zero-order valence-electron chi connectivity index (χ0n) is 14.3. The van der Waals surface area contributed by atoms with Gasteiger partial charge in [0.2, 0.25) is 5.91 Å². The second kappa shape index (κ2) is 9.31. The third-order valence-electron chi connectivity index (χ3n) is 3.49. The Morgan fingerprint density at radius 1 is 1.04 bits per heavy atom. The van der Waals surface area contributed by atoms with Crippen LogP contribution in [-0.4, -0.2) is 32.6 Å². The molecule has 0 spiro atoms. The van der Waals surface area contributed by atoms with Gasteiger partial charge in [0.05, 0.1) is 36.2 Å². The molecule has 0 aliphatic heterocycles. The van der Waals surface area contributed by atoms with Crippen LogP contribution in [0, 0.1) is 0 Å². The highest BCUT2D eigenvalue weighted by Crippen LogP contribution is 2.27. The first-order valence-corrected chi connectivity index (χ1v) is 8.45. The van der Waals surface area contributed by atoms with Gasteiger partial charge >= 0.3 is 5.97 Å². The molecule has 0 aliphatic rings. The molecule has 0 aliphatic carbocycles. The molecule has 0 unspecified atom stereocenters. The highest BCUT2D eigenvalue weighted by Gasteiger charge is 2.11. The topological polar surface area (TPSA) is 76.7 Å². The van der Waals surface area contributed by atoms with Crippen LogP contribution >= 0.6 is 23.2 Å². The number of anilines is 2. The van der Waals surface area contributed by atoms with E-state index in [-0.39, 0.29) is 12.3 Å². The lowest BCUT2D eigenvalue weighted by Crippen LogP contribution is -2.17. The van der Waals surface area contributed by atoms with Gasteiger partial charge in [0.15, 0.2) is 0 Å². The SMILES string of the molecule is COC(=O)c1ccc(Cl)c(NC(=O)CCNc2cc(Cl)ccc2OC)c1. The normalized spacial score (nSPS) is 10.2. The van der Waals surface area contributed by atoms with Gasteiger partial charge in [-0.05, 0) is 36.4 Å². The third kappa shape index (κ3) is 5.28. The average Bonchev–Trinajstić information content (AvgIpc) is 2.63. The second-order valence-corrected chi connectivity index (χ2v) is 6.10. The third-order valence-corrected chi connectivity index (χ3v) is 4.06. The molecule has 0 aromatic heterocycles. The Balaban J connectivity index is 1.95. The Morgan fingerprint density at radius 3 is 2.50 bits per heavy atom. The number of carbonyl (C=O) groups is 2. The van der Waals surface area contributed by atoms with Gasteiger partial charge < -0.3 is 20.1 Å². The highest BCUT2D eigenvalue weighted by molar-refractivity contribution is 6.34. The minimum absolute atomic E-state index is 0.175. The van der Waals surface area contributed by atoms with Crippen molar-refractivity contribution in [2.75, 3.05) is 31.4 Å². The lowest BCUT2D eigenvalue weighted by molar-refractivity contribution is -0.115. The largest absolute Gasteiger partial charge is 0.495 e. The van der Waals surface area contributed by atoms with Crippen molar-refractivity contribution in [1.29, 1.82) is 0 Å². The van der Waals surface area contributed by atoms with E-state index in [1.807, 2.05) is 0 Å². The number of nitrogens with one attached hydrogen (secondary N) is 2. The van der Waals surface area contributed by atoms with Crippen LogP contribution < -0.4 is 15.4 Å². The van der Waals surface area contributed by atoms with Crippen LogP contribution in [-0.2, 0) is 9.53 Å². The minimum Gasteiger partial charge on any atom is -0.495 e. The predicted octanol–water partition coefficient (Wildman–Crippen LogP) is 4.23. The number of hydrogen-bond acceptors (Lipinski definition) is 5. The van der Waals surface area contributed by atoms with Crippen molar-refractivity contribution in [3.05, 3.63) is 52.0 Å². The Kier molecular flexibility index (Phi) is 7.12. The van der Waals surface area contributed by atoms with E-state index in [0.29, 0.717) is 39.3 Å². The van der Waals surface area contributed by atoms with Crippen LogP contribution in [0.3, 0.4) is 0 Å². The van der Waals surface area contributed by atoms with Gasteiger partial charge in [0.25, 0.3) is 0 Å². The van der Waals surface area contributed by atoms with Crippen molar-refractivity contribution in [2.24, 2.45) is 0 Å². The molecule has 26 heavy (non-hydrogen) atoms. The number of halogens is 2. The van der Waals surface area contributed by atoms with Gasteiger partial charge in [0.1, 0.15) is 5.75 Å². The van der Waals surface area contributed by atoms with Crippen LogP contribution in [0.4, 0.5) is 11.4 Å². The lowest BCUT2D eigenvalue weighted by atomic mass is 10.2. The zero-order valence-corrected chi connectivity index (χ0v) is 15.8. The minimum atomic E-state index is -0.508. The van der Waals surface area contributed by atoms with E-state index < -0.39 is 5.97 Å². The molecule has 2 aromatic carbocycles. The highest BCUT2D eigenvalue weighted by atomic mass is 35.5. The predicted molar refractivity (Wildman–Crippen MR) is 103 cm³/mol. The molecule has 2 rings (SSSR count). The van der Waals surface area contributed by atoms with Gasteiger partial charge in [-0.2, -0.15) is 0 Å². The molecule has 0 saturated carbocycles. The molecule has 0 bridgehead atoms. The Bertz CT molecular complexity index is 812. The van der Waals surface area contributed by atoms with Gasteiger partial charge in [0, 0.05) is 18.0 Å². The number of methoxy groups -OCH3 is 2. The number of ether oxygens (including phenoxy) is 2. The molecule has 0 heterocycles. The van der Waals surface area contributed by atoms with Crippen molar-refractivity contribution < 1.29 is 19.1 Å². The van der Waals surface area contributed by atoms with Crippen LogP contribution in [0.5, 0.6) is 5.75 Å². The summed E-state index contributed by atoms with van der Waals surface area (Å²) in [4.78, 5) is 23.7. The van der Waals surface area contributed by atoms with Crippen LogP contribution in [0.2, 0.25) is 10.0 Å². The summed E-state index contributed by atoms with van der Waals surface area (Å²) in [5, 5.41) is 6.67. The van der Waals surface area contributed by atoms with E-state index in [4.69, 9.17) is 27.9 Å². The van der Waals surface area contributed by atoms with Crippen molar-refractivity contribution in [3.63, 3.8) is 0 Å². The van der Waals surface area contributed by atoms with Crippen molar-refractivity contribution in [2.45, 2.75) is 6.42 Å². The maximum Gasteiger partial charge on any atom is 0.337 e. The molecule has 0 radical (unpaired) electrons. The van der Waals surface area contributed by atoms with Crippen molar-refractivity contribution in [3.8, 4) is 5.75 Å². The molecule has 0 atom stereocenters. The van der Waals surface area contributed by atoms with Gasteiger partial charge in [-0.3, -0.25) is 4.79 Å². The van der Waals surface area contributed by atoms with Crippen molar-refractivity contribution >= 4 is 46.5 Å². The van der Waals surface area contributed by atoms with E-state index in [1.165, 1.54) is 25.3 Å². The second-order valence-electron chi connectivity index (χ2n) is 5.26. The summed E-state index contributed by atoms with van der Waals surface area (Å²) >= 11 is 12.0. The van der Waals surface area contributed by atoms with E-state index in [2.05, 4.69) is 15.4 Å². The summed E-state index contributed by atoms with van der Waals surface area (Å²) in [5.41, 5.74) is 1.34. The number of amides is 1. The molecule has 6 nitrogen and oxygen atoms in total. The van der Waals surface area contributed by atoms with E-state index in [1.54, 1.807) is 25.3 Å². The quantitative estimate of drug-likeness (QED) is 0.684. The first kappa shape index (κ1) is 19.9. The number of esters is 1. The maximum atomic E-state index is 12.1. The molecule has 0 fully saturated rings. The van der Waals surface area contributed by atoms with Gasteiger partial charge in [-0.15, -0.1) is 0 Å². The summed E-state index contributed by atoms with van der Waals surface area (Å²) in [6.07, 6.45) is 0.175. The standard InChI is InChI=1S/C18H18Cl2N2O4/c1-25-16-6-4-12(19)10-15(16)21-8-7-17(23)22-14-9-11(18(24)26-2)3-5-13(14)20/h3-6,9-10,21H,7-8H2,1-2H3,(H,22,23). The molecule has 1 amide bonds. The molecule has 138 valence electrons. The molecule has 8 heteroatoms. The average molecular weight is 397 g/mol. The summed E-state index contributed by atoms with van der Waals surface area (Å²) in [7, 11) is 2.84. The summed E-state index contributed by atoms with van der Waals surface area (Å²) in [6, 6.07) is 9.70. The van der Waals surface area contributed by atoms with Crippen LogP contribution in [0.25, 0.3) is 0 Å². The van der Waals surface area contributed by atoms with Crippen LogP contribution in [0.1, 0.15) is 16.8 Å². The Labute approximate surface area is 161 Å². The van der Waals surface area contributed by atoms with E-state index in [0.717, 1.165) is 0 Å². The molecular formula is C18H18Cl2N2O4. The van der Waals surface area contributed by atoms with E-state index >= 15 is 0 Å². The van der Waals surface area contributed by atoms with Crippen molar-refractivity contribution in [1.82, 2.24) is 0 Å². The first-order valence-electron chi connectivity index (χ1n) is 7.69. The Hall–Kier alpha value is -2.44. The summed E-state index contributed by atoms with van der Waals surface area (Å²) in [5.74, 6) is -0.141.